The van der Waals surface area contributed by atoms with Gasteiger partial charge in [0.05, 0.1) is 31.8 Å². The fraction of sp³-hybridized carbons (Fsp3) is 0.517. The minimum atomic E-state index is -0.587. The highest BCUT2D eigenvalue weighted by atomic mass is 16.5. The van der Waals surface area contributed by atoms with Crippen LogP contribution >= 0.6 is 0 Å². The van der Waals surface area contributed by atoms with E-state index in [1.54, 1.807) is 30.2 Å². The molecule has 1 unspecified atom stereocenters. The quantitative estimate of drug-likeness (QED) is 0.158. The molecule has 0 spiro atoms. The van der Waals surface area contributed by atoms with Crippen LogP contribution in [-0.2, 0) is 9.59 Å². The fourth-order valence-electron chi connectivity index (χ4n) is 5.03. The summed E-state index contributed by atoms with van der Waals surface area (Å²) in [5, 5.41) is 4.99. The lowest BCUT2D eigenvalue weighted by molar-refractivity contribution is -0.125. The Labute approximate surface area is 231 Å². The average molecular weight is 539 g/mol. The summed E-state index contributed by atoms with van der Waals surface area (Å²) in [6, 6.07) is 5.20. The van der Waals surface area contributed by atoms with Crippen molar-refractivity contribution in [1.29, 1.82) is 0 Å². The van der Waals surface area contributed by atoms with Crippen LogP contribution in [0.4, 0.5) is 0 Å². The van der Waals surface area contributed by atoms with Gasteiger partial charge in [0.15, 0.2) is 0 Å². The summed E-state index contributed by atoms with van der Waals surface area (Å²) in [5.41, 5.74) is 7.01. The van der Waals surface area contributed by atoms with E-state index < -0.39 is 11.8 Å². The van der Waals surface area contributed by atoms with Gasteiger partial charge in [0.1, 0.15) is 17.3 Å². The first-order valence-corrected chi connectivity index (χ1v) is 13.5. The molecule has 3 rings (SSSR count). The van der Waals surface area contributed by atoms with E-state index >= 15 is 0 Å². The molecule has 2 heterocycles. The van der Waals surface area contributed by atoms with E-state index in [4.69, 9.17) is 21.1 Å². The van der Waals surface area contributed by atoms with Gasteiger partial charge in [-0.2, -0.15) is 0 Å². The smallest absolute Gasteiger partial charge is 0.249 e. The third-order valence-electron chi connectivity index (χ3n) is 7.24. The summed E-state index contributed by atoms with van der Waals surface area (Å²) >= 11 is 0. The Morgan fingerprint density at radius 1 is 1.21 bits per heavy atom. The van der Waals surface area contributed by atoms with Crippen molar-refractivity contribution in [3.63, 3.8) is 0 Å². The number of hydrogen-bond acceptors (Lipinski definition) is 8. The summed E-state index contributed by atoms with van der Waals surface area (Å²) in [4.78, 5) is 29.2. The predicted octanol–water partition coefficient (Wildman–Crippen LogP) is 1.43. The van der Waals surface area contributed by atoms with Crippen LogP contribution in [0.2, 0.25) is 0 Å². The molecule has 2 aliphatic heterocycles. The van der Waals surface area contributed by atoms with Gasteiger partial charge in [-0.15, -0.1) is 0 Å². The second-order valence-corrected chi connectivity index (χ2v) is 9.77. The topological polar surface area (TPSA) is 126 Å². The number of ether oxygens (including phenoxy) is 2. The maximum atomic E-state index is 13.0. The number of methoxy groups -OCH3 is 2. The number of carbonyl (C=O) groups excluding carboxylic acids is 2. The van der Waals surface area contributed by atoms with Gasteiger partial charge in [-0.1, -0.05) is 25.3 Å². The van der Waals surface area contributed by atoms with Crippen LogP contribution in [0.15, 0.2) is 42.2 Å². The second-order valence-electron chi connectivity index (χ2n) is 9.77. The predicted molar refractivity (Wildman–Crippen MR) is 151 cm³/mol. The Balaban J connectivity index is 1.96. The minimum absolute atomic E-state index is 0.139. The van der Waals surface area contributed by atoms with Gasteiger partial charge >= 0.3 is 0 Å². The molecule has 1 aromatic carbocycles. The van der Waals surface area contributed by atoms with Crippen molar-refractivity contribution >= 4 is 11.8 Å². The van der Waals surface area contributed by atoms with Crippen molar-refractivity contribution in [2.45, 2.75) is 38.6 Å². The number of nitrogens with zero attached hydrogens (tertiary/aromatic N) is 3. The fourth-order valence-corrected chi connectivity index (χ4v) is 5.03. The largest absolute Gasteiger partial charge is 0.497 e. The molecular formula is C29H42N6O4. The molecule has 2 atom stereocenters. The van der Waals surface area contributed by atoms with Crippen molar-refractivity contribution in [2.75, 3.05) is 53.5 Å². The van der Waals surface area contributed by atoms with Crippen molar-refractivity contribution in [2.24, 2.45) is 17.5 Å². The third-order valence-corrected chi connectivity index (χ3v) is 7.24. The number of amides is 2. The Morgan fingerprint density at radius 2 is 1.87 bits per heavy atom. The zero-order valence-electron chi connectivity index (χ0n) is 23.4. The number of rotatable bonds is 12. The van der Waals surface area contributed by atoms with Crippen LogP contribution in [0.5, 0.6) is 11.5 Å². The number of primary amides is 1. The van der Waals surface area contributed by atoms with Crippen LogP contribution in [0, 0.1) is 17.8 Å². The van der Waals surface area contributed by atoms with Gasteiger partial charge in [-0.3, -0.25) is 14.6 Å². The number of nitrogens with two attached hydrogens (primary N) is 2. The highest BCUT2D eigenvalue weighted by Gasteiger charge is 2.32. The molecule has 2 amide bonds. The number of benzene rings is 1. The maximum absolute atomic E-state index is 13.0. The van der Waals surface area contributed by atoms with Crippen molar-refractivity contribution in [3.8, 4) is 23.3 Å². The van der Waals surface area contributed by atoms with E-state index in [9.17, 15) is 9.59 Å². The average Bonchev–Trinajstić information content (AvgIpc) is 3.65. The lowest BCUT2D eigenvalue weighted by atomic mass is 9.94. The van der Waals surface area contributed by atoms with Gasteiger partial charge in [-0.25, -0.2) is 5.84 Å². The summed E-state index contributed by atoms with van der Waals surface area (Å²) < 4.78 is 10.7. The van der Waals surface area contributed by atoms with E-state index in [1.807, 2.05) is 19.1 Å². The SMILES string of the molecule is C=CC(=O)N1CC[C@H](N(N)/C(NCCN2CCCC2)=C(/C(N)=O)C(C#Cc2cc(OC)cc(OC)c2)CC)C1. The van der Waals surface area contributed by atoms with Gasteiger partial charge in [-0.05, 0) is 57.0 Å². The molecule has 10 heteroatoms. The number of hydrazine groups is 1. The van der Waals surface area contributed by atoms with Crippen LogP contribution in [0.1, 0.15) is 38.2 Å². The summed E-state index contributed by atoms with van der Waals surface area (Å²) in [7, 11) is 3.16. The first kappa shape index (κ1) is 29.9. The van der Waals surface area contributed by atoms with Gasteiger partial charge in [0.2, 0.25) is 11.8 Å². The molecule has 0 aromatic heterocycles. The van der Waals surface area contributed by atoms with Crippen molar-refractivity contribution < 1.29 is 19.1 Å². The summed E-state index contributed by atoms with van der Waals surface area (Å²) in [6.45, 7) is 10.1. The molecule has 39 heavy (non-hydrogen) atoms. The standard InChI is InChI=1S/C29H42N6O4/c1-5-22(10-9-21-17-24(38-3)19-25(18-21)39-4)27(28(30)37)29(32-12-16-33-13-7-8-14-33)35(31)23-11-15-34(20-23)26(36)6-2/h6,17-19,22-23,32H,2,5,7-8,11-16,20,31H2,1,3-4H3,(H2,30,37)/b29-27+/t22?,23-/m0/s1. The Kier molecular flexibility index (Phi) is 11.1. The van der Waals surface area contributed by atoms with E-state index in [0.717, 1.165) is 19.6 Å². The molecule has 0 radical (unpaired) electrons. The highest BCUT2D eigenvalue weighted by Crippen LogP contribution is 2.25. The van der Waals surface area contributed by atoms with E-state index in [2.05, 4.69) is 28.6 Å². The molecule has 0 bridgehead atoms. The first-order chi connectivity index (χ1) is 18.8. The van der Waals surface area contributed by atoms with E-state index in [-0.39, 0.29) is 11.9 Å². The molecule has 2 aliphatic rings. The van der Waals surface area contributed by atoms with Gasteiger partial charge in [0.25, 0.3) is 0 Å². The van der Waals surface area contributed by atoms with Crippen molar-refractivity contribution in [1.82, 2.24) is 20.1 Å². The number of likely N-dealkylation sites (tertiary alicyclic amines) is 2. The Morgan fingerprint density at radius 3 is 2.44 bits per heavy atom. The highest BCUT2D eigenvalue weighted by molar-refractivity contribution is 5.93. The number of nitrogens with one attached hydrogen (secondary N) is 1. The van der Waals surface area contributed by atoms with Crippen LogP contribution in [-0.4, -0.2) is 86.2 Å². The molecule has 2 fully saturated rings. The minimum Gasteiger partial charge on any atom is -0.497 e. The normalized spacial score (nSPS) is 18.5. The molecule has 2 saturated heterocycles. The molecule has 0 saturated carbocycles. The van der Waals surface area contributed by atoms with E-state index in [0.29, 0.717) is 60.9 Å². The third kappa shape index (κ3) is 7.91. The molecule has 0 aliphatic carbocycles. The second kappa shape index (κ2) is 14.5. The molecule has 212 valence electrons. The monoisotopic (exact) mass is 538 g/mol. The van der Waals surface area contributed by atoms with Gasteiger partial charge < -0.3 is 30.3 Å². The molecular weight excluding hydrogens is 496 g/mol. The van der Waals surface area contributed by atoms with Crippen LogP contribution < -0.4 is 26.4 Å². The van der Waals surface area contributed by atoms with Gasteiger partial charge in [0, 0.05) is 37.8 Å². The first-order valence-electron chi connectivity index (χ1n) is 13.5. The molecule has 5 N–H and O–H groups in total. The lowest BCUT2D eigenvalue weighted by Gasteiger charge is -2.32. The van der Waals surface area contributed by atoms with Crippen molar-refractivity contribution in [3.05, 3.63) is 47.8 Å². The summed E-state index contributed by atoms with van der Waals surface area (Å²) in [6.07, 6.45) is 4.89. The lowest BCUT2D eigenvalue weighted by Crippen LogP contribution is -2.49. The zero-order chi connectivity index (χ0) is 28.4. The maximum Gasteiger partial charge on any atom is 0.249 e. The summed E-state index contributed by atoms with van der Waals surface area (Å²) in [5.74, 6) is 13.6. The molecule has 1 aromatic rings. The van der Waals surface area contributed by atoms with Crippen LogP contribution in [0.25, 0.3) is 0 Å². The van der Waals surface area contributed by atoms with Crippen LogP contribution in [0.3, 0.4) is 0 Å². The zero-order valence-corrected chi connectivity index (χ0v) is 23.4. The molecule has 10 nitrogen and oxygen atoms in total. The number of carbonyl (C=O) groups is 2. The number of hydrogen-bond donors (Lipinski definition) is 3. The Bertz CT molecular complexity index is 1100. The van der Waals surface area contributed by atoms with E-state index in [1.165, 1.54) is 18.9 Å². The Hall–Kier alpha value is -3.68.